The minimum Gasteiger partial charge on any atom is -0.476 e. The Morgan fingerprint density at radius 1 is 1.64 bits per heavy atom. The van der Waals surface area contributed by atoms with Crippen molar-refractivity contribution in [2.24, 2.45) is 0 Å². The van der Waals surface area contributed by atoms with Crippen LogP contribution in [0.4, 0.5) is 5.82 Å². The number of aromatic nitrogens is 4. The summed E-state index contributed by atoms with van der Waals surface area (Å²) in [5.74, 6) is -0.350. The first-order valence-electron chi connectivity index (χ1n) is 3.77. The lowest BCUT2D eigenvalue weighted by molar-refractivity contribution is 0.0690. The van der Waals surface area contributed by atoms with Crippen LogP contribution in [0.5, 0.6) is 0 Å². The number of nitrogens with zero attached hydrogens (tertiary/aromatic N) is 3. The second-order valence-corrected chi connectivity index (χ2v) is 2.61. The molecule has 0 unspecified atom stereocenters. The van der Waals surface area contributed by atoms with Crippen LogP contribution in [0.15, 0.2) is 18.3 Å². The van der Waals surface area contributed by atoms with Gasteiger partial charge >= 0.3 is 5.97 Å². The molecule has 14 heavy (non-hydrogen) atoms. The molecule has 0 fully saturated rings. The Kier molecular flexibility index (Phi) is 1.70. The molecule has 0 bridgehead atoms. The Bertz CT molecular complexity index is 458. The Labute approximate surface area is 78.2 Å². The van der Waals surface area contributed by atoms with Crippen molar-refractivity contribution in [2.75, 3.05) is 5.73 Å². The van der Waals surface area contributed by atoms with E-state index in [-0.39, 0.29) is 11.5 Å². The van der Waals surface area contributed by atoms with Crippen LogP contribution >= 0.6 is 0 Å². The highest BCUT2D eigenvalue weighted by Gasteiger charge is 2.12. The van der Waals surface area contributed by atoms with Gasteiger partial charge in [0.25, 0.3) is 0 Å². The molecule has 0 amide bonds. The van der Waals surface area contributed by atoms with Gasteiger partial charge in [0.05, 0.1) is 6.20 Å². The van der Waals surface area contributed by atoms with Crippen molar-refractivity contribution in [3.63, 3.8) is 0 Å². The van der Waals surface area contributed by atoms with Crippen LogP contribution in [0.25, 0.3) is 5.82 Å². The SMILES string of the molecule is Nc1cc(C(=O)O)nn1-c1ccn[nH]1. The highest BCUT2D eigenvalue weighted by atomic mass is 16.4. The van der Waals surface area contributed by atoms with Crippen molar-refractivity contribution < 1.29 is 9.90 Å². The van der Waals surface area contributed by atoms with Crippen LogP contribution in [-0.4, -0.2) is 31.1 Å². The molecule has 0 aliphatic carbocycles. The number of aromatic amines is 1. The molecule has 0 aliphatic heterocycles. The topological polar surface area (TPSA) is 110 Å². The largest absolute Gasteiger partial charge is 0.476 e. The summed E-state index contributed by atoms with van der Waals surface area (Å²) in [6.45, 7) is 0. The van der Waals surface area contributed by atoms with Gasteiger partial charge in [-0.05, 0) is 0 Å². The summed E-state index contributed by atoms with van der Waals surface area (Å²) < 4.78 is 1.27. The van der Waals surface area contributed by atoms with E-state index < -0.39 is 5.97 Å². The van der Waals surface area contributed by atoms with Crippen molar-refractivity contribution in [1.82, 2.24) is 20.0 Å². The van der Waals surface area contributed by atoms with Gasteiger partial charge in [0.1, 0.15) is 5.82 Å². The third kappa shape index (κ3) is 1.20. The maximum absolute atomic E-state index is 10.6. The quantitative estimate of drug-likeness (QED) is 0.615. The number of anilines is 1. The van der Waals surface area contributed by atoms with Crippen molar-refractivity contribution in [3.05, 3.63) is 24.0 Å². The van der Waals surface area contributed by atoms with Crippen LogP contribution in [0, 0.1) is 0 Å². The van der Waals surface area contributed by atoms with Crippen molar-refractivity contribution in [1.29, 1.82) is 0 Å². The summed E-state index contributed by atoms with van der Waals surface area (Å²) in [4.78, 5) is 10.6. The van der Waals surface area contributed by atoms with E-state index in [9.17, 15) is 4.79 Å². The fourth-order valence-corrected chi connectivity index (χ4v) is 1.06. The van der Waals surface area contributed by atoms with Gasteiger partial charge in [0, 0.05) is 12.1 Å². The Morgan fingerprint density at radius 2 is 2.43 bits per heavy atom. The molecule has 2 aromatic rings. The number of carboxylic acids is 1. The van der Waals surface area contributed by atoms with Gasteiger partial charge in [-0.25, -0.2) is 4.79 Å². The van der Waals surface area contributed by atoms with E-state index in [4.69, 9.17) is 10.8 Å². The monoisotopic (exact) mass is 193 g/mol. The molecule has 0 radical (unpaired) electrons. The van der Waals surface area contributed by atoms with Crippen LogP contribution in [-0.2, 0) is 0 Å². The normalized spacial score (nSPS) is 10.3. The number of hydrogen-bond donors (Lipinski definition) is 3. The second-order valence-electron chi connectivity index (χ2n) is 2.61. The molecule has 0 atom stereocenters. The fraction of sp³-hybridized carbons (Fsp3) is 0. The maximum atomic E-state index is 10.6. The average molecular weight is 193 g/mol. The van der Waals surface area contributed by atoms with Gasteiger partial charge in [-0.3, -0.25) is 5.10 Å². The number of H-pyrrole nitrogens is 1. The maximum Gasteiger partial charge on any atom is 0.356 e. The van der Waals surface area contributed by atoms with Gasteiger partial charge in [-0.1, -0.05) is 0 Å². The summed E-state index contributed by atoms with van der Waals surface area (Å²) in [6.07, 6.45) is 1.52. The lowest BCUT2D eigenvalue weighted by atomic mass is 10.4. The summed E-state index contributed by atoms with van der Waals surface area (Å²) in [5.41, 5.74) is 5.46. The lowest BCUT2D eigenvalue weighted by Crippen LogP contribution is -2.03. The van der Waals surface area contributed by atoms with Crippen LogP contribution < -0.4 is 5.73 Å². The molecule has 2 heterocycles. The average Bonchev–Trinajstić information content (AvgIpc) is 2.71. The zero-order valence-corrected chi connectivity index (χ0v) is 7.01. The number of carbonyl (C=O) groups is 1. The van der Waals surface area contributed by atoms with E-state index in [1.54, 1.807) is 6.07 Å². The number of nitrogens with one attached hydrogen (secondary N) is 1. The van der Waals surface area contributed by atoms with E-state index in [2.05, 4.69) is 15.3 Å². The fourth-order valence-electron chi connectivity index (χ4n) is 1.06. The molecule has 0 aromatic carbocycles. The third-order valence-corrected chi connectivity index (χ3v) is 1.67. The molecular weight excluding hydrogens is 186 g/mol. The molecule has 4 N–H and O–H groups in total. The predicted octanol–water partition coefficient (Wildman–Crippen LogP) is -0.124. The van der Waals surface area contributed by atoms with Crippen LogP contribution in [0.3, 0.4) is 0 Å². The first-order chi connectivity index (χ1) is 6.68. The molecule has 2 rings (SSSR count). The standard InChI is InChI=1S/C7H7N5O2/c8-5-3-4(7(13)14)11-12(5)6-1-2-9-10-6/h1-3H,8H2,(H,9,10)(H,13,14). The predicted molar refractivity (Wildman–Crippen MR) is 47.1 cm³/mol. The van der Waals surface area contributed by atoms with Crippen LogP contribution in [0.1, 0.15) is 10.5 Å². The van der Waals surface area contributed by atoms with Crippen molar-refractivity contribution in [3.8, 4) is 5.82 Å². The van der Waals surface area contributed by atoms with Gasteiger partial charge in [0.2, 0.25) is 0 Å². The molecular formula is C7H7N5O2. The first-order valence-corrected chi connectivity index (χ1v) is 3.77. The van der Waals surface area contributed by atoms with Gasteiger partial charge in [0.15, 0.2) is 11.5 Å². The molecule has 72 valence electrons. The molecule has 0 spiro atoms. The summed E-state index contributed by atoms with van der Waals surface area (Å²) >= 11 is 0. The second kappa shape index (κ2) is 2.87. The lowest BCUT2D eigenvalue weighted by Gasteiger charge is -1.97. The van der Waals surface area contributed by atoms with Gasteiger partial charge < -0.3 is 10.8 Å². The molecule has 7 heteroatoms. The number of carboxylic acid groups (broad SMARTS) is 1. The van der Waals surface area contributed by atoms with E-state index in [0.29, 0.717) is 5.82 Å². The number of rotatable bonds is 2. The highest BCUT2D eigenvalue weighted by molar-refractivity contribution is 5.86. The zero-order chi connectivity index (χ0) is 10.1. The summed E-state index contributed by atoms with van der Waals surface area (Å²) in [6, 6.07) is 2.91. The Morgan fingerprint density at radius 3 is 2.93 bits per heavy atom. The van der Waals surface area contributed by atoms with Crippen LogP contribution in [0.2, 0.25) is 0 Å². The van der Waals surface area contributed by atoms with Crippen molar-refractivity contribution in [2.45, 2.75) is 0 Å². The first kappa shape index (κ1) is 8.30. The molecule has 0 aliphatic rings. The van der Waals surface area contributed by atoms with E-state index in [1.807, 2.05) is 0 Å². The van der Waals surface area contributed by atoms with Crippen molar-refractivity contribution >= 4 is 11.8 Å². The van der Waals surface area contributed by atoms with E-state index in [1.165, 1.54) is 16.9 Å². The smallest absolute Gasteiger partial charge is 0.356 e. The number of aromatic carboxylic acids is 1. The van der Waals surface area contributed by atoms with Gasteiger partial charge in [-0.2, -0.15) is 14.9 Å². The third-order valence-electron chi connectivity index (χ3n) is 1.67. The molecule has 7 nitrogen and oxygen atoms in total. The summed E-state index contributed by atoms with van der Waals surface area (Å²) in [5, 5.41) is 18.8. The molecule has 0 saturated carbocycles. The Hall–Kier alpha value is -2.31. The molecule has 2 aromatic heterocycles. The minimum absolute atomic E-state index is 0.0999. The number of nitrogens with two attached hydrogens (primary N) is 1. The highest BCUT2D eigenvalue weighted by Crippen LogP contribution is 2.11. The van der Waals surface area contributed by atoms with Gasteiger partial charge in [-0.15, -0.1) is 0 Å². The number of nitrogen functional groups attached to an aromatic ring is 1. The minimum atomic E-state index is -1.12. The Balaban J connectivity index is 2.50. The van der Waals surface area contributed by atoms with E-state index in [0.717, 1.165) is 0 Å². The van der Waals surface area contributed by atoms with E-state index >= 15 is 0 Å². The number of hydrogen-bond acceptors (Lipinski definition) is 4. The zero-order valence-electron chi connectivity index (χ0n) is 7.01. The molecule has 0 saturated heterocycles. The summed E-state index contributed by atoms with van der Waals surface area (Å²) in [7, 11) is 0.